The Morgan fingerprint density at radius 2 is 1.64 bits per heavy atom. The van der Waals surface area contributed by atoms with Crippen molar-refractivity contribution in [1.82, 2.24) is 0 Å². The zero-order valence-corrected chi connectivity index (χ0v) is 17.8. The van der Waals surface area contributed by atoms with Gasteiger partial charge in [-0.25, -0.2) is 4.79 Å². The van der Waals surface area contributed by atoms with Crippen LogP contribution in [0, 0.1) is 16.6 Å². The number of ether oxygens (including phenoxy) is 1. The second kappa shape index (κ2) is 7.85. The molecular formula is C13H10F2I3O4-. The monoisotopic (exact) mass is 649 g/mol. The summed E-state index contributed by atoms with van der Waals surface area (Å²) in [7, 11) is 0. The van der Waals surface area contributed by atoms with Crippen LogP contribution in [-0.2, 0) is 9.53 Å². The molecule has 9 heteroatoms. The molecule has 22 heavy (non-hydrogen) atoms. The maximum Gasteiger partial charge on any atom is 0.340 e. The van der Waals surface area contributed by atoms with E-state index in [4.69, 9.17) is 4.74 Å². The first-order valence-corrected chi connectivity index (χ1v) is 9.16. The lowest BCUT2D eigenvalue weighted by Gasteiger charge is -2.30. The van der Waals surface area contributed by atoms with Gasteiger partial charge in [0.25, 0.3) is 0 Å². The van der Waals surface area contributed by atoms with E-state index in [1.54, 1.807) is 12.1 Å². The largest absolute Gasteiger partial charge is 0.544 e. The zero-order chi connectivity index (χ0) is 17.2. The molecule has 0 aliphatic carbocycles. The van der Waals surface area contributed by atoms with Gasteiger partial charge in [-0.15, -0.1) is 0 Å². The summed E-state index contributed by atoms with van der Waals surface area (Å²) in [5, 5.41) is 10.6. The van der Waals surface area contributed by atoms with Crippen LogP contribution >= 0.6 is 67.8 Å². The number of hydrogen-bond donors (Lipinski definition) is 0. The molecule has 1 atom stereocenters. The Balaban J connectivity index is 3.16. The van der Waals surface area contributed by atoms with Gasteiger partial charge in [0.15, 0.2) is 6.10 Å². The Bertz CT molecular complexity index is 582. The lowest BCUT2D eigenvalue weighted by Crippen LogP contribution is -2.53. The first-order chi connectivity index (χ1) is 9.98. The fourth-order valence-corrected chi connectivity index (χ4v) is 5.68. The van der Waals surface area contributed by atoms with Crippen LogP contribution in [0.5, 0.6) is 0 Å². The molecule has 0 bridgehead atoms. The summed E-state index contributed by atoms with van der Waals surface area (Å²) in [5.74, 6) is -8.70. The molecule has 0 aliphatic rings. The van der Waals surface area contributed by atoms with Gasteiger partial charge in [-0.05, 0) is 85.8 Å². The van der Waals surface area contributed by atoms with Gasteiger partial charge in [-0.1, -0.05) is 13.8 Å². The molecule has 1 rings (SSSR count). The van der Waals surface area contributed by atoms with Gasteiger partial charge in [0.1, 0.15) is 5.97 Å². The van der Waals surface area contributed by atoms with Crippen molar-refractivity contribution in [2.45, 2.75) is 25.9 Å². The van der Waals surface area contributed by atoms with E-state index in [9.17, 15) is 23.5 Å². The lowest BCUT2D eigenvalue weighted by molar-refractivity contribution is -0.337. The minimum atomic E-state index is -4.26. The molecule has 1 aromatic rings. The van der Waals surface area contributed by atoms with Gasteiger partial charge in [0, 0.05) is 10.7 Å². The van der Waals surface area contributed by atoms with Crippen LogP contribution < -0.4 is 5.11 Å². The quantitative estimate of drug-likeness (QED) is 0.364. The molecule has 0 aliphatic heterocycles. The average Bonchev–Trinajstić information content (AvgIpc) is 2.33. The van der Waals surface area contributed by atoms with Gasteiger partial charge >= 0.3 is 11.9 Å². The number of carboxylic acids is 1. The molecule has 0 aromatic heterocycles. The number of halogens is 5. The standard InChI is InChI=1S/C13H11F2I3O4/c1-5(2)10(13(14,15)12(20)21)22-11(19)9-7(17)3-6(16)4-8(9)18/h3-5,10H,1-2H3,(H,20,21)/p-1. The molecule has 0 fully saturated rings. The molecule has 0 spiro atoms. The van der Waals surface area contributed by atoms with Crippen molar-refractivity contribution in [3.8, 4) is 0 Å². The second-order valence-electron chi connectivity index (χ2n) is 4.72. The Labute approximate surface area is 166 Å². The number of benzene rings is 1. The minimum Gasteiger partial charge on any atom is -0.544 e. The molecule has 0 heterocycles. The first-order valence-electron chi connectivity index (χ1n) is 5.93. The minimum absolute atomic E-state index is 0.140. The van der Waals surface area contributed by atoms with Gasteiger partial charge in [0.05, 0.1) is 5.56 Å². The SMILES string of the molecule is CC(C)C(OC(=O)c1c(I)cc(I)cc1I)C(F)(F)C(=O)[O-]. The van der Waals surface area contributed by atoms with Crippen LogP contribution in [-0.4, -0.2) is 24.0 Å². The van der Waals surface area contributed by atoms with Crippen molar-refractivity contribution >= 4 is 79.7 Å². The van der Waals surface area contributed by atoms with Gasteiger partial charge in [-0.2, -0.15) is 8.78 Å². The maximum atomic E-state index is 13.7. The fourth-order valence-electron chi connectivity index (χ4n) is 1.66. The summed E-state index contributed by atoms with van der Waals surface area (Å²) in [4.78, 5) is 22.8. The highest BCUT2D eigenvalue weighted by Crippen LogP contribution is 2.30. The molecule has 0 saturated heterocycles. The highest BCUT2D eigenvalue weighted by Gasteiger charge is 2.46. The maximum absolute atomic E-state index is 13.7. The number of alkyl halides is 2. The van der Waals surface area contributed by atoms with E-state index in [0.29, 0.717) is 7.14 Å². The van der Waals surface area contributed by atoms with E-state index < -0.39 is 29.9 Å². The molecular weight excluding hydrogens is 639 g/mol. The zero-order valence-electron chi connectivity index (χ0n) is 11.3. The lowest BCUT2D eigenvalue weighted by atomic mass is 10.0. The topological polar surface area (TPSA) is 66.4 Å². The molecule has 0 saturated carbocycles. The Hall–Kier alpha value is 0.210. The number of hydrogen-bond acceptors (Lipinski definition) is 4. The van der Waals surface area contributed by atoms with Crippen molar-refractivity contribution in [3.63, 3.8) is 0 Å². The van der Waals surface area contributed by atoms with E-state index in [2.05, 4.69) is 22.6 Å². The predicted octanol–water partition coefficient (Wildman–Crippen LogP) is 3.07. The van der Waals surface area contributed by atoms with Gasteiger partial charge in [0.2, 0.25) is 0 Å². The summed E-state index contributed by atoms with van der Waals surface area (Å²) in [6.45, 7) is 2.69. The van der Waals surface area contributed by atoms with Crippen LogP contribution in [0.3, 0.4) is 0 Å². The second-order valence-corrected chi connectivity index (χ2v) is 8.29. The number of carbonyl (C=O) groups excluding carboxylic acids is 2. The highest BCUT2D eigenvalue weighted by atomic mass is 127. The predicted molar refractivity (Wildman–Crippen MR) is 98.6 cm³/mol. The van der Waals surface area contributed by atoms with Crippen LogP contribution in [0.15, 0.2) is 12.1 Å². The van der Waals surface area contributed by atoms with Crippen LogP contribution in [0.25, 0.3) is 0 Å². The van der Waals surface area contributed by atoms with Crippen LogP contribution in [0.2, 0.25) is 0 Å². The normalized spacial score (nSPS) is 13.1. The summed E-state index contributed by atoms with van der Waals surface area (Å²) in [5.41, 5.74) is 0.140. The van der Waals surface area contributed by atoms with Crippen molar-refractivity contribution in [1.29, 1.82) is 0 Å². The number of rotatable bonds is 5. The fraction of sp³-hybridized carbons (Fsp3) is 0.385. The molecule has 1 unspecified atom stereocenters. The van der Waals surface area contributed by atoms with E-state index in [1.165, 1.54) is 13.8 Å². The van der Waals surface area contributed by atoms with Crippen molar-refractivity contribution in [2.24, 2.45) is 5.92 Å². The molecule has 122 valence electrons. The summed E-state index contributed by atoms with van der Waals surface area (Å²) in [6.07, 6.45) is -2.10. The van der Waals surface area contributed by atoms with Crippen LogP contribution in [0.4, 0.5) is 8.78 Å². The summed E-state index contributed by atoms with van der Waals surface area (Å²) in [6, 6.07) is 3.39. The van der Waals surface area contributed by atoms with E-state index in [1.807, 2.05) is 45.2 Å². The van der Waals surface area contributed by atoms with Gasteiger partial charge < -0.3 is 14.6 Å². The third kappa shape index (κ3) is 4.61. The Morgan fingerprint density at radius 3 is 2.00 bits per heavy atom. The van der Waals surface area contributed by atoms with E-state index >= 15 is 0 Å². The highest BCUT2D eigenvalue weighted by molar-refractivity contribution is 14.1. The smallest absolute Gasteiger partial charge is 0.340 e. The van der Waals surface area contributed by atoms with E-state index in [0.717, 1.165) is 3.57 Å². The van der Waals surface area contributed by atoms with E-state index in [-0.39, 0.29) is 5.56 Å². The number of aliphatic carboxylic acids is 1. The molecule has 0 N–H and O–H groups in total. The number of carboxylic acid groups (broad SMARTS) is 1. The first kappa shape index (κ1) is 20.3. The molecule has 1 aromatic carbocycles. The third-order valence-electron chi connectivity index (χ3n) is 2.68. The third-order valence-corrected chi connectivity index (χ3v) is 5.00. The number of carbonyl (C=O) groups is 2. The van der Waals surface area contributed by atoms with Crippen molar-refractivity contribution in [3.05, 3.63) is 28.4 Å². The van der Waals surface area contributed by atoms with Crippen LogP contribution in [0.1, 0.15) is 24.2 Å². The molecule has 0 radical (unpaired) electrons. The Morgan fingerprint density at radius 1 is 1.18 bits per heavy atom. The number of esters is 1. The summed E-state index contributed by atoms with van der Waals surface area (Å²) >= 11 is 5.86. The summed E-state index contributed by atoms with van der Waals surface area (Å²) < 4.78 is 34.1. The van der Waals surface area contributed by atoms with Gasteiger partial charge in [-0.3, -0.25) is 0 Å². The molecule has 4 nitrogen and oxygen atoms in total. The van der Waals surface area contributed by atoms with Crippen molar-refractivity contribution in [2.75, 3.05) is 0 Å². The Kier molecular flexibility index (Phi) is 7.23. The van der Waals surface area contributed by atoms with Crippen molar-refractivity contribution < 1.29 is 28.2 Å². The average molecular weight is 649 g/mol. The molecule has 0 amide bonds.